The summed E-state index contributed by atoms with van der Waals surface area (Å²) in [5, 5.41) is 4.81. The first kappa shape index (κ1) is 16.1. The molecule has 9 nitrogen and oxygen atoms in total. The third-order valence-electron chi connectivity index (χ3n) is 2.14. The number of hydrogen-bond acceptors (Lipinski definition) is 5. The van der Waals surface area contributed by atoms with Crippen LogP contribution in [0.25, 0.3) is 0 Å². The van der Waals surface area contributed by atoms with Gasteiger partial charge in [-0.2, -0.15) is 0 Å². The number of aliphatic imine (C=N–C) groups is 1. The van der Waals surface area contributed by atoms with E-state index in [0.717, 1.165) is 0 Å². The molecule has 9 N–H and O–H groups in total. The zero-order valence-electron chi connectivity index (χ0n) is 10.4. The van der Waals surface area contributed by atoms with Crippen molar-refractivity contribution in [3.05, 3.63) is 0 Å². The quantitative estimate of drug-likeness (QED) is 0.0924. The van der Waals surface area contributed by atoms with Crippen LogP contribution < -0.4 is 33.4 Å². The molecule has 0 radical (unpaired) electrons. The van der Waals surface area contributed by atoms with E-state index in [-0.39, 0.29) is 24.3 Å². The van der Waals surface area contributed by atoms with E-state index in [0.29, 0.717) is 19.4 Å². The van der Waals surface area contributed by atoms with Gasteiger partial charge in [-0.15, -0.1) is 0 Å². The lowest BCUT2D eigenvalue weighted by Crippen LogP contribution is -2.44. The van der Waals surface area contributed by atoms with Gasteiger partial charge in [0.2, 0.25) is 17.8 Å². The molecule has 1 atom stereocenters. The molecule has 0 aliphatic heterocycles. The summed E-state index contributed by atoms with van der Waals surface area (Å²) in [6.45, 7) is 0.345. The molecule has 0 fully saturated rings. The molecule has 0 rings (SSSR count). The maximum Gasteiger partial charge on any atom is 0.239 e. The van der Waals surface area contributed by atoms with Crippen LogP contribution in [-0.2, 0) is 9.59 Å². The van der Waals surface area contributed by atoms with Crippen LogP contribution in [0.1, 0.15) is 12.8 Å². The van der Waals surface area contributed by atoms with Gasteiger partial charge in [0.15, 0.2) is 0 Å². The van der Waals surface area contributed by atoms with Gasteiger partial charge < -0.3 is 22.1 Å². The lowest BCUT2D eigenvalue weighted by atomic mass is 10.1. The molecular weight excluding hydrogens is 238 g/mol. The molecule has 0 aromatic heterocycles. The summed E-state index contributed by atoms with van der Waals surface area (Å²) < 4.78 is 0. The number of guanidine groups is 1. The minimum atomic E-state index is -0.670. The van der Waals surface area contributed by atoms with Crippen molar-refractivity contribution in [3.63, 3.8) is 0 Å². The van der Waals surface area contributed by atoms with Gasteiger partial charge in [-0.1, -0.05) is 0 Å². The minimum Gasteiger partial charge on any atom is -0.369 e. The van der Waals surface area contributed by atoms with Crippen molar-refractivity contribution in [1.29, 1.82) is 0 Å². The highest BCUT2D eigenvalue weighted by Gasteiger charge is 2.13. The van der Waals surface area contributed by atoms with Crippen molar-refractivity contribution >= 4 is 17.8 Å². The number of hydrogen-bond donors (Lipinski definition) is 6. The predicted octanol–water partition coefficient (Wildman–Crippen LogP) is -3.27. The molecule has 104 valence electrons. The van der Waals surface area contributed by atoms with Crippen LogP contribution in [-0.4, -0.2) is 44.0 Å². The standard InChI is InChI=1S/C9H21N7O2/c1-13-7(17)5-15-8(18)6(10)3-2-4-14-9(11)16-12/h6H,2-5,10,12H2,1H3,(H,13,17)(H,15,18)(H3,11,14,16). The van der Waals surface area contributed by atoms with Crippen LogP contribution in [0.5, 0.6) is 0 Å². The predicted molar refractivity (Wildman–Crippen MR) is 68.1 cm³/mol. The number of amides is 2. The number of rotatable bonds is 7. The second-order valence-corrected chi connectivity index (χ2v) is 3.55. The zero-order chi connectivity index (χ0) is 14.0. The Balaban J connectivity index is 3.78. The molecule has 18 heavy (non-hydrogen) atoms. The SMILES string of the molecule is CNC(=O)CNC(=O)C(N)CCCN=C(N)NN. The molecule has 0 aromatic rings. The fourth-order valence-corrected chi connectivity index (χ4v) is 1.07. The lowest BCUT2D eigenvalue weighted by Gasteiger charge is -2.11. The van der Waals surface area contributed by atoms with Crippen molar-refractivity contribution in [1.82, 2.24) is 16.1 Å². The molecule has 0 heterocycles. The van der Waals surface area contributed by atoms with E-state index in [4.69, 9.17) is 17.3 Å². The molecule has 9 heteroatoms. The molecule has 1 unspecified atom stereocenters. The van der Waals surface area contributed by atoms with Crippen molar-refractivity contribution in [3.8, 4) is 0 Å². The Morgan fingerprint density at radius 2 is 2.06 bits per heavy atom. The van der Waals surface area contributed by atoms with Crippen molar-refractivity contribution in [2.75, 3.05) is 20.1 Å². The number of carbonyl (C=O) groups is 2. The Bertz CT molecular complexity index is 305. The Hall–Kier alpha value is -1.87. The second-order valence-electron chi connectivity index (χ2n) is 3.55. The number of likely N-dealkylation sites (N-methyl/N-ethyl adjacent to an activating group) is 1. The van der Waals surface area contributed by atoms with Gasteiger partial charge in [-0.25, -0.2) is 5.84 Å². The van der Waals surface area contributed by atoms with E-state index in [1.54, 1.807) is 0 Å². The van der Waals surface area contributed by atoms with Crippen LogP contribution in [0.3, 0.4) is 0 Å². The van der Waals surface area contributed by atoms with Gasteiger partial charge in [0, 0.05) is 13.6 Å². The van der Waals surface area contributed by atoms with Crippen molar-refractivity contribution < 1.29 is 9.59 Å². The third kappa shape index (κ3) is 7.41. The first-order valence-electron chi connectivity index (χ1n) is 5.51. The van der Waals surface area contributed by atoms with Gasteiger partial charge >= 0.3 is 0 Å². The summed E-state index contributed by atoms with van der Waals surface area (Å²) in [6.07, 6.45) is 1.04. The largest absolute Gasteiger partial charge is 0.369 e. The fraction of sp³-hybridized carbons (Fsp3) is 0.667. The Morgan fingerprint density at radius 1 is 1.39 bits per heavy atom. The van der Waals surface area contributed by atoms with Gasteiger partial charge in [-0.05, 0) is 12.8 Å². The Labute approximate surface area is 106 Å². The van der Waals surface area contributed by atoms with Gasteiger partial charge in [0.1, 0.15) is 0 Å². The summed E-state index contributed by atoms with van der Waals surface area (Å²) >= 11 is 0. The molecule has 0 spiro atoms. The smallest absolute Gasteiger partial charge is 0.239 e. The maximum absolute atomic E-state index is 11.4. The second kappa shape index (κ2) is 9.19. The summed E-state index contributed by atoms with van der Waals surface area (Å²) in [6, 6.07) is -0.670. The summed E-state index contributed by atoms with van der Waals surface area (Å²) in [5.74, 6) is 4.50. The molecule has 0 bridgehead atoms. The fourth-order valence-electron chi connectivity index (χ4n) is 1.07. The van der Waals surface area contributed by atoms with Gasteiger partial charge in [0.25, 0.3) is 0 Å². The number of nitrogens with zero attached hydrogens (tertiary/aromatic N) is 1. The molecular formula is C9H21N7O2. The van der Waals surface area contributed by atoms with Crippen LogP contribution in [0.15, 0.2) is 4.99 Å². The first-order valence-corrected chi connectivity index (χ1v) is 5.51. The van der Waals surface area contributed by atoms with E-state index >= 15 is 0 Å². The van der Waals surface area contributed by atoms with Crippen LogP contribution >= 0.6 is 0 Å². The highest BCUT2D eigenvalue weighted by Crippen LogP contribution is 1.95. The molecule has 0 saturated heterocycles. The molecule has 0 aliphatic rings. The number of carbonyl (C=O) groups excluding carboxylic acids is 2. The molecule has 0 aliphatic carbocycles. The first-order chi connectivity index (χ1) is 8.51. The normalized spacial score (nSPS) is 12.7. The summed E-state index contributed by atoms with van der Waals surface area (Å²) in [4.78, 5) is 26.2. The Morgan fingerprint density at radius 3 is 2.61 bits per heavy atom. The molecule has 0 saturated carbocycles. The third-order valence-corrected chi connectivity index (χ3v) is 2.14. The van der Waals surface area contributed by atoms with Crippen molar-refractivity contribution in [2.45, 2.75) is 18.9 Å². The average molecular weight is 259 g/mol. The van der Waals surface area contributed by atoms with Crippen molar-refractivity contribution in [2.24, 2.45) is 22.3 Å². The maximum atomic E-state index is 11.4. The molecule has 0 aromatic carbocycles. The monoisotopic (exact) mass is 259 g/mol. The van der Waals surface area contributed by atoms with Crippen LogP contribution in [0, 0.1) is 0 Å². The van der Waals surface area contributed by atoms with Crippen LogP contribution in [0.4, 0.5) is 0 Å². The van der Waals surface area contributed by atoms with Gasteiger partial charge in [0.05, 0.1) is 12.6 Å². The number of nitrogens with one attached hydrogen (secondary N) is 3. The van der Waals surface area contributed by atoms with E-state index in [9.17, 15) is 9.59 Å². The van der Waals surface area contributed by atoms with Gasteiger partial charge in [-0.3, -0.25) is 20.0 Å². The number of nitrogens with two attached hydrogens (primary N) is 3. The molecule has 2 amide bonds. The highest BCUT2D eigenvalue weighted by molar-refractivity contribution is 5.87. The highest BCUT2D eigenvalue weighted by atomic mass is 16.2. The van der Waals surface area contributed by atoms with E-state index in [1.165, 1.54) is 7.05 Å². The van der Waals surface area contributed by atoms with E-state index in [2.05, 4.69) is 21.1 Å². The van der Waals surface area contributed by atoms with E-state index < -0.39 is 6.04 Å². The summed E-state index contributed by atoms with van der Waals surface area (Å²) in [7, 11) is 1.49. The summed E-state index contributed by atoms with van der Waals surface area (Å²) in [5.41, 5.74) is 13.1. The topological polar surface area (TPSA) is 161 Å². The lowest BCUT2D eigenvalue weighted by molar-refractivity contribution is -0.126. The van der Waals surface area contributed by atoms with Crippen LogP contribution in [0.2, 0.25) is 0 Å². The number of hydrazine groups is 1. The Kier molecular flexibility index (Phi) is 8.24. The zero-order valence-corrected chi connectivity index (χ0v) is 10.4. The van der Waals surface area contributed by atoms with E-state index in [1.807, 2.05) is 0 Å². The minimum absolute atomic E-state index is 0.0781. The average Bonchev–Trinajstić information content (AvgIpc) is 2.39.